The summed E-state index contributed by atoms with van der Waals surface area (Å²) in [5, 5.41) is 0. The van der Waals surface area contributed by atoms with E-state index in [4.69, 9.17) is 0 Å². The number of hydrogen-bond donors (Lipinski definition) is 1. The Hall–Kier alpha value is -1.78. The summed E-state index contributed by atoms with van der Waals surface area (Å²) in [6.07, 6.45) is 3.29. The highest BCUT2D eigenvalue weighted by Gasteiger charge is 2.20. The number of anilines is 1. The third-order valence-electron chi connectivity index (χ3n) is 1.72. The van der Waals surface area contributed by atoms with Crippen LogP contribution in [-0.2, 0) is 14.3 Å². The zero-order valence-corrected chi connectivity index (χ0v) is 8.11. The van der Waals surface area contributed by atoms with E-state index in [1.165, 1.54) is 11.9 Å². The van der Waals surface area contributed by atoms with Crippen LogP contribution >= 0.6 is 0 Å². The molecule has 14 heavy (non-hydrogen) atoms. The maximum atomic E-state index is 11.4. The number of nitrogens with zero attached hydrogens (tertiary/aromatic N) is 1. The number of esters is 1. The van der Waals surface area contributed by atoms with Crippen LogP contribution < -0.4 is 4.90 Å². The normalized spacial score (nSPS) is 9.57. The molecule has 0 radical (unpaired) electrons. The number of carbonyl (C=O) groups is 2. The van der Waals surface area contributed by atoms with E-state index in [0.29, 0.717) is 5.69 Å². The van der Waals surface area contributed by atoms with Crippen molar-refractivity contribution in [3.8, 4) is 0 Å². The van der Waals surface area contributed by atoms with E-state index in [1.54, 1.807) is 25.4 Å². The summed E-state index contributed by atoms with van der Waals surface area (Å²) in [7, 11) is 1.52. The van der Waals surface area contributed by atoms with Crippen molar-refractivity contribution in [1.29, 1.82) is 0 Å². The highest BCUT2D eigenvalue weighted by molar-refractivity contribution is 6.37. The second kappa shape index (κ2) is 4.45. The molecule has 76 valence electrons. The monoisotopic (exact) mass is 196 g/mol. The van der Waals surface area contributed by atoms with Gasteiger partial charge >= 0.3 is 11.9 Å². The van der Waals surface area contributed by atoms with Crippen LogP contribution in [0.2, 0.25) is 0 Å². The third kappa shape index (κ3) is 2.12. The maximum Gasteiger partial charge on any atom is 0.397 e. The van der Waals surface area contributed by atoms with Crippen LogP contribution in [0.25, 0.3) is 0 Å². The fraction of sp³-hybridized carbons (Fsp3) is 0.333. The van der Waals surface area contributed by atoms with E-state index in [9.17, 15) is 9.59 Å². The summed E-state index contributed by atoms with van der Waals surface area (Å²) in [5.41, 5.74) is 0.628. The molecule has 0 unspecified atom stereocenters. The van der Waals surface area contributed by atoms with Gasteiger partial charge in [-0.3, -0.25) is 4.79 Å². The van der Waals surface area contributed by atoms with Crippen molar-refractivity contribution in [2.24, 2.45) is 0 Å². The highest BCUT2D eigenvalue weighted by atomic mass is 16.5. The van der Waals surface area contributed by atoms with Crippen molar-refractivity contribution in [2.45, 2.75) is 6.92 Å². The van der Waals surface area contributed by atoms with Gasteiger partial charge in [0.1, 0.15) is 0 Å². The largest absolute Gasteiger partial charge is 0.459 e. The van der Waals surface area contributed by atoms with E-state index in [1.807, 2.05) is 0 Å². The smallest absolute Gasteiger partial charge is 0.397 e. The number of likely N-dealkylation sites (N-methyl/N-ethyl adjacent to an activating group) is 1. The zero-order valence-electron chi connectivity index (χ0n) is 8.11. The fourth-order valence-corrected chi connectivity index (χ4v) is 0.971. The lowest BCUT2D eigenvalue weighted by Gasteiger charge is -2.13. The van der Waals surface area contributed by atoms with Gasteiger partial charge in [0.15, 0.2) is 0 Å². The standard InChI is InChI=1S/C9H12N2O3/c1-3-14-9(13)8(12)11(2)7-4-5-10-6-7/h4-6,10H,3H2,1-2H3. The summed E-state index contributed by atoms with van der Waals surface area (Å²) in [4.78, 5) is 26.4. The molecule has 0 saturated heterocycles. The molecule has 0 saturated carbocycles. The summed E-state index contributed by atoms with van der Waals surface area (Å²) in [6.45, 7) is 1.85. The average Bonchev–Trinajstić information content (AvgIpc) is 2.68. The van der Waals surface area contributed by atoms with Crippen LogP contribution in [0.5, 0.6) is 0 Å². The van der Waals surface area contributed by atoms with Crippen molar-refractivity contribution in [2.75, 3.05) is 18.6 Å². The second-order valence-electron chi connectivity index (χ2n) is 2.65. The second-order valence-corrected chi connectivity index (χ2v) is 2.65. The molecule has 0 aliphatic rings. The predicted molar refractivity (Wildman–Crippen MR) is 50.8 cm³/mol. The Bertz CT molecular complexity index is 319. The molecule has 0 spiro atoms. The van der Waals surface area contributed by atoms with Crippen molar-refractivity contribution in [3.63, 3.8) is 0 Å². The van der Waals surface area contributed by atoms with Crippen LogP contribution in [0.1, 0.15) is 6.92 Å². The number of aromatic amines is 1. The number of ether oxygens (including phenoxy) is 1. The Labute approximate surface area is 81.7 Å². The molecule has 1 aromatic heterocycles. The zero-order chi connectivity index (χ0) is 10.6. The van der Waals surface area contributed by atoms with Gasteiger partial charge in [0.2, 0.25) is 0 Å². The van der Waals surface area contributed by atoms with E-state index < -0.39 is 11.9 Å². The Morgan fingerprint density at radius 3 is 2.79 bits per heavy atom. The van der Waals surface area contributed by atoms with Crippen LogP contribution in [0.3, 0.4) is 0 Å². The van der Waals surface area contributed by atoms with Gasteiger partial charge in [-0.2, -0.15) is 0 Å². The van der Waals surface area contributed by atoms with Crippen LogP contribution in [0.4, 0.5) is 5.69 Å². The van der Waals surface area contributed by atoms with Crippen LogP contribution in [-0.4, -0.2) is 30.5 Å². The number of aromatic nitrogens is 1. The van der Waals surface area contributed by atoms with E-state index in [-0.39, 0.29) is 6.61 Å². The molecule has 0 bridgehead atoms. The van der Waals surface area contributed by atoms with Crippen molar-refractivity contribution >= 4 is 17.6 Å². The Morgan fingerprint density at radius 1 is 1.57 bits per heavy atom. The van der Waals surface area contributed by atoms with Crippen LogP contribution in [0.15, 0.2) is 18.5 Å². The number of rotatable bonds is 2. The lowest BCUT2D eigenvalue weighted by Crippen LogP contribution is -2.34. The van der Waals surface area contributed by atoms with E-state index in [2.05, 4.69) is 9.72 Å². The van der Waals surface area contributed by atoms with E-state index >= 15 is 0 Å². The van der Waals surface area contributed by atoms with Crippen molar-refractivity contribution in [3.05, 3.63) is 18.5 Å². The van der Waals surface area contributed by atoms with Crippen LogP contribution in [0, 0.1) is 0 Å². The minimum absolute atomic E-state index is 0.200. The number of nitrogens with one attached hydrogen (secondary N) is 1. The molecule has 0 fully saturated rings. The Balaban J connectivity index is 2.66. The molecule has 1 amide bonds. The van der Waals surface area contributed by atoms with E-state index in [0.717, 1.165) is 0 Å². The molecular weight excluding hydrogens is 184 g/mol. The highest BCUT2D eigenvalue weighted by Crippen LogP contribution is 2.10. The summed E-state index contributed by atoms with van der Waals surface area (Å²) in [6, 6.07) is 1.69. The molecule has 5 nitrogen and oxygen atoms in total. The molecule has 1 N–H and O–H groups in total. The van der Waals surface area contributed by atoms with Gasteiger partial charge in [-0.15, -0.1) is 0 Å². The lowest BCUT2D eigenvalue weighted by atomic mass is 10.4. The van der Waals surface area contributed by atoms with Gasteiger partial charge in [0, 0.05) is 19.4 Å². The number of hydrogen-bond acceptors (Lipinski definition) is 3. The van der Waals surface area contributed by atoms with Gasteiger partial charge in [0.05, 0.1) is 12.3 Å². The fourth-order valence-electron chi connectivity index (χ4n) is 0.971. The first-order chi connectivity index (χ1) is 6.66. The topological polar surface area (TPSA) is 62.4 Å². The molecule has 1 rings (SSSR count). The molecule has 1 heterocycles. The molecule has 1 aromatic rings. The minimum Gasteiger partial charge on any atom is -0.459 e. The van der Waals surface area contributed by atoms with Gasteiger partial charge in [0.25, 0.3) is 0 Å². The quantitative estimate of drug-likeness (QED) is 0.554. The molecule has 0 aliphatic carbocycles. The van der Waals surface area contributed by atoms with Crippen molar-refractivity contribution in [1.82, 2.24) is 4.98 Å². The lowest BCUT2D eigenvalue weighted by molar-refractivity contribution is -0.153. The van der Waals surface area contributed by atoms with Gasteiger partial charge in [-0.1, -0.05) is 0 Å². The number of H-pyrrole nitrogens is 1. The SMILES string of the molecule is CCOC(=O)C(=O)N(C)c1cc[nH]c1. The molecule has 0 aliphatic heterocycles. The Morgan fingerprint density at radius 2 is 2.29 bits per heavy atom. The van der Waals surface area contributed by atoms with Crippen molar-refractivity contribution < 1.29 is 14.3 Å². The summed E-state index contributed by atoms with van der Waals surface area (Å²) >= 11 is 0. The summed E-state index contributed by atoms with van der Waals surface area (Å²) < 4.78 is 4.58. The van der Waals surface area contributed by atoms with Gasteiger partial charge in [-0.25, -0.2) is 4.79 Å². The maximum absolute atomic E-state index is 11.4. The first kappa shape index (κ1) is 10.3. The first-order valence-corrected chi connectivity index (χ1v) is 4.24. The third-order valence-corrected chi connectivity index (χ3v) is 1.72. The molecule has 0 atom stereocenters. The first-order valence-electron chi connectivity index (χ1n) is 4.24. The predicted octanol–water partition coefficient (Wildman–Crippen LogP) is 0.541. The number of carbonyl (C=O) groups excluding carboxylic acids is 2. The number of amides is 1. The molecular formula is C9H12N2O3. The molecule has 5 heteroatoms. The average molecular weight is 196 g/mol. The van der Waals surface area contributed by atoms with Gasteiger partial charge < -0.3 is 14.6 Å². The summed E-state index contributed by atoms with van der Waals surface area (Å²) in [5.74, 6) is -1.51. The minimum atomic E-state index is -0.837. The molecule has 0 aromatic carbocycles. The van der Waals surface area contributed by atoms with Gasteiger partial charge in [-0.05, 0) is 13.0 Å². The Kier molecular flexibility index (Phi) is 3.28.